The number of nitrogens with zero attached hydrogens (tertiary/aromatic N) is 3. The van der Waals surface area contributed by atoms with Crippen LogP contribution < -0.4 is 4.74 Å². The number of benzene rings is 1. The van der Waals surface area contributed by atoms with Crippen LogP contribution in [0, 0.1) is 12.8 Å². The number of rotatable bonds is 5. The van der Waals surface area contributed by atoms with Gasteiger partial charge in [-0.1, -0.05) is 12.1 Å². The second-order valence-electron chi connectivity index (χ2n) is 6.69. The number of piperidine rings is 1. The lowest BCUT2D eigenvalue weighted by atomic mass is 9.91. The molecule has 2 aromatic rings. The van der Waals surface area contributed by atoms with Gasteiger partial charge in [-0.2, -0.15) is 0 Å². The predicted octanol–water partition coefficient (Wildman–Crippen LogP) is 3.28. The van der Waals surface area contributed by atoms with Gasteiger partial charge in [-0.25, -0.2) is 4.98 Å². The van der Waals surface area contributed by atoms with Gasteiger partial charge in [0.05, 0.1) is 19.0 Å². The third kappa shape index (κ3) is 4.56. The lowest BCUT2D eigenvalue weighted by Gasteiger charge is -2.32. The molecule has 1 aromatic heterocycles. The molecule has 1 atom stereocenters. The number of likely N-dealkylation sites (tertiary alicyclic amines) is 1. The van der Waals surface area contributed by atoms with E-state index in [-0.39, 0.29) is 5.91 Å². The Bertz CT molecular complexity index is 715. The van der Waals surface area contributed by atoms with Crippen molar-refractivity contribution in [2.24, 2.45) is 5.92 Å². The van der Waals surface area contributed by atoms with Gasteiger partial charge in [-0.15, -0.1) is 0 Å². The molecular formula is C20H25N3O2. The smallest absolute Gasteiger partial charge is 0.274 e. The number of amides is 1. The van der Waals surface area contributed by atoms with E-state index < -0.39 is 0 Å². The monoisotopic (exact) mass is 339 g/mol. The number of ether oxygens (including phenoxy) is 1. The number of carbonyl (C=O) groups is 1. The standard InChI is InChI=1S/C20H25N3O2/c1-15-12-22-19(13-21-15)20(24)23-10-4-6-17(14-23)9-8-16-5-3-7-18(11-16)25-2/h3,5,7,11-13,17H,4,6,8-10,14H2,1-2H3/t17-/m0/s1. The summed E-state index contributed by atoms with van der Waals surface area (Å²) >= 11 is 0. The predicted molar refractivity (Wildman–Crippen MR) is 96.7 cm³/mol. The van der Waals surface area contributed by atoms with Crippen LogP contribution in [-0.2, 0) is 6.42 Å². The molecule has 0 N–H and O–H groups in total. The molecule has 2 heterocycles. The minimum absolute atomic E-state index is 0.00131. The van der Waals surface area contributed by atoms with Crippen LogP contribution in [0.3, 0.4) is 0 Å². The maximum atomic E-state index is 12.6. The Kier molecular flexibility index (Phi) is 5.64. The lowest BCUT2D eigenvalue weighted by Crippen LogP contribution is -2.40. The van der Waals surface area contributed by atoms with Crippen LogP contribution in [0.5, 0.6) is 5.75 Å². The summed E-state index contributed by atoms with van der Waals surface area (Å²) < 4.78 is 5.29. The Morgan fingerprint density at radius 3 is 2.96 bits per heavy atom. The summed E-state index contributed by atoms with van der Waals surface area (Å²) in [6, 6.07) is 8.22. The zero-order valence-electron chi connectivity index (χ0n) is 14.9. The van der Waals surface area contributed by atoms with E-state index in [0.29, 0.717) is 11.6 Å². The minimum Gasteiger partial charge on any atom is -0.497 e. The van der Waals surface area contributed by atoms with E-state index >= 15 is 0 Å². The van der Waals surface area contributed by atoms with Gasteiger partial charge < -0.3 is 9.64 Å². The average molecular weight is 339 g/mol. The average Bonchev–Trinajstić information content (AvgIpc) is 2.67. The van der Waals surface area contributed by atoms with E-state index in [4.69, 9.17) is 4.74 Å². The van der Waals surface area contributed by atoms with Gasteiger partial charge in [-0.3, -0.25) is 9.78 Å². The molecular weight excluding hydrogens is 314 g/mol. The van der Waals surface area contributed by atoms with Crippen molar-refractivity contribution < 1.29 is 9.53 Å². The third-order valence-electron chi connectivity index (χ3n) is 4.78. The second-order valence-corrected chi connectivity index (χ2v) is 6.69. The van der Waals surface area contributed by atoms with Crippen LogP contribution >= 0.6 is 0 Å². The molecule has 0 aliphatic carbocycles. The molecule has 0 radical (unpaired) electrons. The van der Waals surface area contributed by atoms with Gasteiger partial charge in [0, 0.05) is 19.3 Å². The van der Waals surface area contributed by atoms with E-state index in [2.05, 4.69) is 22.1 Å². The summed E-state index contributed by atoms with van der Waals surface area (Å²) in [6.45, 7) is 3.49. The molecule has 132 valence electrons. The molecule has 3 rings (SSSR count). The second kappa shape index (κ2) is 8.10. The molecule has 0 bridgehead atoms. The molecule has 1 amide bonds. The molecule has 5 nitrogen and oxygen atoms in total. The van der Waals surface area contributed by atoms with Gasteiger partial charge in [0.15, 0.2) is 0 Å². The number of aromatic nitrogens is 2. The Morgan fingerprint density at radius 1 is 1.32 bits per heavy atom. The first-order valence-corrected chi connectivity index (χ1v) is 8.86. The van der Waals surface area contributed by atoms with E-state index in [0.717, 1.165) is 43.8 Å². The fraction of sp³-hybridized carbons (Fsp3) is 0.450. The van der Waals surface area contributed by atoms with E-state index in [9.17, 15) is 4.79 Å². The Hall–Kier alpha value is -2.43. The Labute approximate surface area is 149 Å². The van der Waals surface area contributed by atoms with Gasteiger partial charge in [0.1, 0.15) is 11.4 Å². The van der Waals surface area contributed by atoms with Crippen molar-refractivity contribution in [3.8, 4) is 5.75 Å². The molecule has 1 aromatic carbocycles. The summed E-state index contributed by atoms with van der Waals surface area (Å²) in [6.07, 6.45) is 7.54. The van der Waals surface area contributed by atoms with Crippen molar-refractivity contribution in [2.75, 3.05) is 20.2 Å². The van der Waals surface area contributed by atoms with Crippen molar-refractivity contribution in [3.63, 3.8) is 0 Å². The summed E-state index contributed by atoms with van der Waals surface area (Å²) in [4.78, 5) is 23.0. The van der Waals surface area contributed by atoms with Crippen LogP contribution in [-0.4, -0.2) is 41.0 Å². The van der Waals surface area contributed by atoms with E-state index in [1.807, 2.05) is 24.0 Å². The number of hydrogen-bond acceptors (Lipinski definition) is 4. The number of aryl methyl sites for hydroxylation is 2. The first kappa shape index (κ1) is 17.4. The number of carbonyl (C=O) groups excluding carboxylic acids is 1. The molecule has 0 unspecified atom stereocenters. The minimum atomic E-state index is -0.00131. The van der Waals surface area contributed by atoms with E-state index in [1.54, 1.807) is 19.5 Å². The van der Waals surface area contributed by atoms with Gasteiger partial charge in [0.2, 0.25) is 0 Å². The Morgan fingerprint density at radius 2 is 2.20 bits per heavy atom. The van der Waals surface area contributed by atoms with Crippen molar-refractivity contribution in [1.29, 1.82) is 0 Å². The zero-order valence-corrected chi connectivity index (χ0v) is 14.9. The summed E-state index contributed by atoms with van der Waals surface area (Å²) in [5.41, 5.74) is 2.55. The van der Waals surface area contributed by atoms with Gasteiger partial charge in [0.25, 0.3) is 5.91 Å². The molecule has 0 spiro atoms. The van der Waals surface area contributed by atoms with Crippen LogP contribution in [0.15, 0.2) is 36.7 Å². The largest absolute Gasteiger partial charge is 0.497 e. The highest BCUT2D eigenvalue weighted by atomic mass is 16.5. The summed E-state index contributed by atoms with van der Waals surface area (Å²) in [5.74, 6) is 1.43. The van der Waals surface area contributed by atoms with Crippen molar-refractivity contribution in [3.05, 3.63) is 53.6 Å². The van der Waals surface area contributed by atoms with Crippen molar-refractivity contribution in [1.82, 2.24) is 14.9 Å². The van der Waals surface area contributed by atoms with Gasteiger partial charge >= 0.3 is 0 Å². The van der Waals surface area contributed by atoms with Crippen LogP contribution in [0.4, 0.5) is 0 Å². The highest BCUT2D eigenvalue weighted by Crippen LogP contribution is 2.23. The maximum Gasteiger partial charge on any atom is 0.274 e. The fourth-order valence-electron chi connectivity index (χ4n) is 3.35. The number of hydrogen-bond donors (Lipinski definition) is 0. The first-order valence-electron chi connectivity index (χ1n) is 8.86. The fourth-order valence-corrected chi connectivity index (χ4v) is 3.35. The maximum absolute atomic E-state index is 12.6. The van der Waals surface area contributed by atoms with Crippen LogP contribution in [0.25, 0.3) is 0 Å². The summed E-state index contributed by atoms with van der Waals surface area (Å²) in [5, 5.41) is 0. The number of methoxy groups -OCH3 is 1. The van der Waals surface area contributed by atoms with Crippen molar-refractivity contribution >= 4 is 5.91 Å². The SMILES string of the molecule is COc1cccc(CC[C@@H]2CCCN(C(=O)c3cnc(C)cn3)C2)c1. The molecule has 1 aliphatic heterocycles. The molecule has 0 saturated carbocycles. The molecule has 1 saturated heterocycles. The lowest BCUT2D eigenvalue weighted by molar-refractivity contribution is 0.0662. The topological polar surface area (TPSA) is 55.3 Å². The molecule has 1 fully saturated rings. The quantitative estimate of drug-likeness (QED) is 0.839. The van der Waals surface area contributed by atoms with E-state index in [1.165, 1.54) is 12.0 Å². The highest BCUT2D eigenvalue weighted by Gasteiger charge is 2.25. The highest BCUT2D eigenvalue weighted by molar-refractivity contribution is 5.92. The normalized spacial score (nSPS) is 17.4. The summed E-state index contributed by atoms with van der Waals surface area (Å²) in [7, 11) is 1.69. The Balaban J connectivity index is 1.57. The first-order chi connectivity index (χ1) is 12.2. The molecule has 1 aliphatic rings. The molecule has 5 heteroatoms. The zero-order chi connectivity index (χ0) is 17.6. The van der Waals surface area contributed by atoms with Crippen LogP contribution in [0.2, 0.25) is 0 Å². The van der Waals surface area contributed by atoms with Gasteiger partial charge in [-0.05, 0) is 56.2 Å². The van der Waals surface area contributed by atoms with Crippen LogP contribution in [0.1, 0.15) is 41.0 Å². The van der Waals surface area contributed by atoms with Crippen molar-refractivity contribution in [2.45, 2.75) is 32.6 Å². The molecule has 25 heavy (non-hydrogen) atoms. The third-order valence-corrected chi connectivity index (χ3v) is 4.78.